The fourth-order valence-corrected chi connectivity index (χ4v) is 3.60. The van der Waals surface area contributed by atoms with Crippen LogP contribution >= 0.6 is 0 Å². The lowest BCUT2D eigenvalue weighted by Crippen LogP contribution is -2.41. The number of amides is 1. The summed E-state index contributed by atoms with van der Waals surface area (Å²) in [5.41, 5.74) is 0.978. The molecule has 6 nitrogen and oxygen atoms in total. The Morgan fingerprint density at radius 3 is 2.92 bits per heavy atom. The van der Waals surface area contributed by atoms with Gasteiger partial charge >= 0.3 is 0 Å². The average Bonchev–Trinajstić information content (AvgIpc) is 2.81. The first-order valence-electron chi connectivity index (χ1n) is 8.88. The predicted octanol–water partition coefficient (Wildman–Crippen LogP) is 0.0809. The SMILES string of the molecule is CN1CCCN(CC(=O)N2C[C@@H](Cc3ccccn3)[C@H](O)C2)CC1. The Balaban J connectivity index is 1.51. The van der Waals surface area contributed by atoms with E-state index in [-0.39, 0.29) is 11.8 Å². The van der Waals surface area contributed by atoms with E-state index >= 15 is 0 Å². The molecule has 3 heterocycles. The molecule has 2 fully saturated rings. The van der Waals surface area contributed by atoms with Crippen LogP contribution in [0.4, 0.5) is 0 Å². The highest BCUT2D eigenvalue weighted by Gasteiger charge is 2.34. The highest BCUT2D eigenvalue weighted by molar-refractivity contribution is 5.78. The number of hydrogen-bond acceptors (Lipinski definition) is 5. The maximum atomic E-state index is 12.6. The van der Waals surface area contributed by atoms with Gasteiger partial charge in [0.2, 0.25) is 5.91 Å². The first-order valence-corrected chi connectivity index (χ1v) is 8.88. The lowest BCUT2D eigenvalue weighted by atomic mass is 10.00. The van der Waals surface area contributed by atoms with Crippen molar-refractivity contribution in [1.29, 1.82) is 0 Å². The first kappa shape index (κ1) is 17.3. The van der Waals surface area contributed by atoms with Gasteiger partial charge in [0.25, 0.3) is 0 Å². The highest BCUT2D eigenvalue weighted by atomic mass is 16.3. The van der Waals surface area contributed by atoms with Crippen molar-refractivity contribution in [2.75, 3.05) is 52.9 Å². The fraction of sp³-hybridized carbons (Fsp3) is 0.667. The van der Waals surface area contributed by atoms with Gasteiger partial charge in [0, 0.05) is 44.0 Å². The standard InChI is InChI=1S/C18H28N4O2/c1-20-7-4-8-21(10-9-20)14-18(24)22-12-15(17(23)13-22)11-16-5-2-3-6-19-16/h2-3,5-6,15,17,23H,4,7-14H2,1H3/t15-,17-/m1/s1. The van der Waals surface area contributed by atoms with Crippen LogP contribution in [0.5, 0.6) is 0 Å². The summed E-state index contributed by atoms with van der Waals surface area (Å²) < 4.78 is 0. The van der Waals surface area contributed by atoms with E-state index in [0.717, 1.165) is 44.7 Å². The number of likely N-dealkylation sites (N-methyl/N-ethyl adjacent to an activating group) is 1. The second-order valence-corrected chi connectivity index (χ2v) is 7.08. The van der Waals surface area contributed by atoms with Crippen LogP contribution in [0, 0.1) is 5.92 Å². The molecule has 0 bridgehead atoms. The molecule has 3 rings (SSSR count). The van der Waals surface area contributed by atoms with Gasteiger partial charge in [-0.05, 0) is 45.1 Å². The van der Waals surface area contributed by atoms with Crippen molar-refractivity contribution in [2.24, 2.45) is 5.92 Å². The third-order valence-electron chi connectivity index (χ3n) is 5.13. The van der Waals surface area contributed by atoms with Gasteiger partial charge in [-0.3, -0.25) is 14.7 Å². The van der Waals surface area contributed by atoms with Crippen LogP contribution < -0.4 is 0 Å². The third kappa shape index (κ3) is 4.53. The molecule has 1 aromatic heterocycles. The molecule has 2 aliphatic heterocycles. The van der Waals surface area contributed by atoms with Crippen molar-refractivity contribution in [1.82, 2.24) is 19.7 Å². The number of pyridine rings is 1. The van der Waals surface area contributed by atoms with Crippen molar-refractivity contribution >= 4 is 5.91 Å². The van der Waals surface area contributed by atoms with E-state index in [1.165, 1.54) is 0 Å². The summed E-state index contributed by atoms with van der Waals surface area (Å²) in [6, 6.07) is 5.83. The molecule has 0 saturated carbocycles. The Morgan fingerprint density at radius 2 is 2.12 bits per heavy atom. The van der Waals surface area contributed by atoms with Crippen molar-refractivity contribution < 1.29 is 9.90 Å². The van der Waals surface area contributed by atoms with E-state index in [1.807, 2.05) is 23.1 Å². The monoisotopic (exact) mass is 332 g/mol. The maximum Gasteiger partial charge on any atom is 0.236 e. The summed E-state index contributed by atoms with van der Waals surface area (Å²) in [4.78, 5) is 23.3. The van der Waals surface area contributed by atoms with E-state index < -0.39 is 6.10 Å². The summed E-state index contributed by atoms with van der Waals surface area (Å²) >= 11 is 0. The molecule has 1 N–H and O–H groups in total. The molecule has 0 unspecified atom stereocenters. The summed E-state index contributed by atoms with van der Waals surface area (Å²) in [5, 5.41) is 10.3. The number of hydrogen-bond donors (Lipinski definition) is 1. The van der Waals surface area contributed by atoms with Gasteiger partial charge in [0.1, 0.15) is 0 Å². The molecule has 2 atom stereocenters. The molecular formula is C18H28N4O2. The first-order chi connectivity index (χ1) is 11.6. The number of rotatable bonds is 4. The lowest BCUT2D eigenvalue weighted by molar-refractivity contribution is -0.131. The van der Waals surface area contributed by atoms with Crippen molar-refractivity contribution in [3.8, 4) is 0 Å². The fourth-order valence-electron chi connectivity index (χ4n) is 3.60. The second kappa shape index (κ2) is 8.05. The third-order valence-corrected chi connectivity index (χ3v) is 5.13. The zero-order valence-electron chi connectivity index (χ0n) is 14.5. The number of carbonyl (C=O) groups is 1. The average molecular weight is 332 g/mol. The quantitative estimate of drug-likeness (QED) is 0.846. The minimum atomic E-state index is -0.453. The molecule has 2 saturated heterocycles. The molecule has 0 spiro atoms. The minimum Gasteiger partial charge on any atom is -0.391 e. The van der Waals surface area contributed by atoms with Crippen LogP contribution in [0.15, 0.2) is 24.4 Å². The molecule has 1 amide bonds. The number of β-amino-alcohol motifs (C(OH)–C–C–N with tert-alkyl or cyclic N) is 1. The Hall–Kier alpha value is -1.50. The lowest BCUT2D eigenvalue weighted by Gasteiger charge is -2.23. The Morgan fingerprint density at radius 1 is 1.25 bits per heavy atom. The number of aromatic nitrogens is 1. The van der Waals surface area contributed by atoms with Gasteiger partial charge in [-0.25, -0.2) is 0 Å². The van der Waals surface area contributed by atoms with E-state index in [9.17, 15) is 9.90 Å². The van der Waals surface area contributed by atoms with Gasteiger partial charge in [0.05, 0.1) is 12.6 Å². The van der Waals surface area contributed by atoms with E-state index in [0.29, 0.717) is 19.6 Å². The van der Waals surface area contributed by atoms with E-state index in [4.69, 9.17) is 0 Å². The smallest absolute Gasteiger partial charge is 0.236 e. The molecule has 24 heavy (non-hydrogen) atoms. The normalized spacial score (nSPS) is 26.5. The van der Waals surface area contributed by atoms with Crippen LogP contribution in [0.2, 0.25) is 0 Å². The van der Waals surface area contributed by atoms with Crippen LogP contribution in [0.1, 0.15) is 12.1 Å². The molecular weight excluding hydrogens is 304 g/mol. The van der Waals surface area contributed by atoms with Crippen molar-refractivity contribution in [2.45, 2.75) is 18.9 Å². The van der Waals surface area contributed by atoms with Gasteiger partial charge in [-0.2, -0.15) is 0 Å². The van der Waals surface area contributed by atoms with Gasteiger partial charge < -0.3 is 14.9 Å². The van der Waals surface area contributed by atoms with Crippen LogP contribution in [-0.4, -0.2) is 89.7 Å². The summed E-state index contributed by atoms with van der Waals surface area (Å²) in [5.74, 6) is 0.223. The Kier molecular flexibility index (Phi) is 5.81. The van der Waals surface area contributed by atoms with E-state index in [1.54, 1.807) is 6.20 Å². The van der Waals surface area contributed by atoms with Gasteiger partial charge in [0.15, 0.2) is 0 Å². The molecule has 132 valence electrons. The summed E-state index contributed by atoms with van der Waals surface area (Å²) in [6.07, 6.45) is 3.15. The zero-order valence-corrected chi connectivity index (χ0v) is 14.5. The van der Waals surface area contributed by atoms with Gasteiger partial charge in [-0.1, -0.05) is 6.07 Å². The summed E-state index contributed by atoms with van der Waals surface area (Å²) in [6.45, 7) is 5.57. The highest BCUT2D eigenvalue weighted by Crippen LogP contribution is 2.21. The molecule has 0 aromatic carbocycles. The largest absolute Gasteiger partial charge is 0.391 e. The van der Waals surface area contributed by atoms with E-state index in [2.05, 4.69) is 21.8 Å². The Bertz CT molecular complexity index is 539. The number of aliphatic hydroxyl groups is 1. The number of carbonyl (C=O) groups excluding carboxylic acids is 1. The van der Waals surface area contributed by atoms with Crippen molar-refractivity contribution in [3.63, 3.8) is 0 Å². The predicted molar refractivity (Wildman–Crippen MR) is 92.6 cm³/mol. The second-order valence-electron chi connectivity index (χ2n) is 7.08. The Labute approximate surface area is 144 Å². The molecule has 2 aliphatic rings. The maximum absolute atomic E-state index is 12.6. The molecule has 0 aliphatic carbocycles. The number of likely N-dealkylation sites (tertiary alicyclic amines) is 1. The van der Waals surface area contributed by atoms with Crippen LogP contribution in [-0.2, 0) is 11.2 Å². The number of aliphatic hydroxyl groups excluding tert-OH is 1. The van der Waals surface area contributed by atoms with Gasteiger partial charge in [-0.15, -0.1) is 0 Å². The van der Waals surface area contributed by atoms with Crippen LogP contribution in [0.3, 0.4) is 0 Å². The molecule has 0 radical (unpaired) electrons. The van der Waals surface area contributed by atoms with Crippen LogP contribution in [0.25, 0.3) is 0 Å². The molecule has 1 aromatic rings. The number of nitrogens with zero attached hydrogens (tertiary/aromatic N) is 4. The minimum absolute atomic E-state index is 0.0825. The zero-order chi connectivity index (χ0) is 16.9. The van der Waals surface area contributed by atoms with Crippen molar-refractivity contribution in [3.05, 3.63) is 30.1 Å². The topological polar surface area (TPSA) is 59.9 Å². The molecule has 6 heteroatoms. The summed E-state index contributed by atoms with van der Waals surface area (Å²) in [7, 11) is 2.13.